The van der Waals surface area contributed by atoms with Crippen LogP contribution in [0.1, 0.15) is 5.56 Å². The van der Waals surface area contributed by atoms with Crippen molar-refractivity contribution in [2.24, 2.45) is 0 Å². The SMILES string of the molecule is COc1cc(O)cc(C(O)(O)O)c1OC. The van der Waals surface area contributed by atoms with E-state index in [1.165, 1.54) is 20.3 Å². The van der Waals surface area contributed by atoms with Gasteiger partial charge in [0.1, 0.15) is 5.75 Å². The molecule has 15 heavy (non-hydrogen) atoms. The Morgan fingerprint density at radius 1 is 1.07 bits per heavy atom. The lowest BCUT2D eigenvalue weighted by molar-refractivity contribution is -0.324. The number of ether oxygens (including phenoxy) is 2. The van der Waals surface area contributed by atoms with Gasteiger partial charge in [-0.15, -0.1) is 0 Å². The van der Waals surface area contributed by atoms with Gasteiger partial charge in [-0.25, -0.2) is 0 Å². The minimum absolute atomic E-state index is 0.0669. The molecule has 0 amide bonds. The van der Waals surface area contributed by atoms with E-state index in [4.69, 9.17) is 24.8 Å². The lowest BCUT2D eigenvalue weighted by Gasteiger charge is -2.19. The van der Waals surface area contributed by atoms with Crippen molar-refractivity contribution in [1.82, 2.24) is 0 Å². The number of hydrogen-bond acceptors (Lipinski definition) is 6. The summed E-state index contributed by atoms with van der Waals surface area (Å²) in [7, 11) is 2.58. The Morgan fingerprint density at radius 3 is 2.07 bits per heavy atom. The molecule has 0 aliphatic carbocycles. The van der Waals surface area contributed by atoms with Crippen LogP contribution in [-0.2, 0) is 5.97 Å². The van der Waals surface area contributed by atoms with Crippen LogP contribution in [-0.4, -0.2) is 34.6 Å². The van der Waals surface area contributed by atoms with Crippen molar-refractivity contribution in [2.75, 3.05) is 14.2 Å². The largest absolute Gasteiger partial charge is 0.508 e. The average molecular weight is 216 g/mol. The second-order valence-corrected chi connectivity index (χ2v) is 2.86. The van der Waals surface area contributed by atoms with Gasteiger partial charge in [-0.2, -0.15) is 0 Å². The molecule has 0 aliphatic heterocycles. The van der Waals surface area contributed by atoms with E-state index < -0.39 is 11.5 Å². The van der Waals surface area contributed by atoms with E-state index >= 15 is 0 Å². The number of aromatic hydroxyl groups is 1. The zero-order valence-electron chi connectivity index (χ0n) is 8.26. The highest BCUT2D eigenvalue weighted by Gasteiger charge is 2.29. The summed E-state index contributed by atoms with van der Waals surface area (Å²) >= 11 is 0. The molecule has 4 N–H and O–H groups in total. The van der Waals surface area contributed by atoms with Gasteiger partial charge in [0.2, 0.25) is 0 Å². The van der Waals surface area contributed by atoms with Crippen molar-refractivity contribution in [3.05, 3.63) is 17.7 Å². The molecule has 0 saturated heterocycles. The maximum atomic E-state index is 9.24. The number of hydrogen-bond donors (Lipinski definition) is 4. The molecule has 84 valence electrons. The van der Waals surface area contributed by atoms with E-state index in [0.29, 0.717) is 0 Å². The van der Waals surface area contributed by atoms with Crippen molar-refractivity contribution in [3.63, 3.8) is 0 Å². The predicted octanol–water partition coefficient (Wildman–Crippen LogP) is -0.503. The Labute approximate surface area is 85.9 Å². The smallest absolute Gasteiger partial charge is 0.308 e. The molecule has 1 aromatic carbocycles. The average Bonchev–Trinajstić information content (AvgIpc) is 2.15. The molecule has 1 rings (SSSR count). The Kier molecular flexibility index (Phi) is 3.04. The van der Waals surface area contributed by atoms with Gasteiger partial charge in [0, 0.05) is 6.07 Å². The van der Waals surface area contributed by atoms with Crippen LogP contribution in [0.3, 0.4) is 0 Å². The number of benzene rings is 1. The summed E-state index contributed by atoms with van der Waals surface area (Å²) in [5.41, 5.74) is -0.401. The van der Waals surface area contributed by atoms with Crippen molar-refractivity contribution in [2.45, 2.75) is 5.97 Å². The van der Waals surface area contributed by atoms with Crippen molar-refractivity contribution < 1.29 is 29.9 Å². The second-order valence-electron chi connectivity index (χ2n) is 2.86. The number of phenols is 1. The molecule has 6 heteroatoms. The molecule has 0 heterocycles. The third-order valence-corrected chi connectivity index (χ3v) is 1.83. The minimum Gasteiger partial charge on any atom is -0.508 e. The van der Waals surface area contributed by atoms with Crippen LogP contribution in [0, 0.1) is 0 Å². The molecule has 0 aliphatic rings. The molecule has 0 unspecified atom stereocenters. The molecule has 0 bridgehead atoms. The third-order valence-electron chi connectivity index (χ3n) is 1.83. The predicted molar refractivity (Wildman–Crippen MR) is 49.5 cm³/mol. The van der Waals surface area contributed by atoms with Gasteiger partial charge >= 0.3 is 5.97 Å². The fourth-order valence-corrected chi connectivity index (χ4v) is 1.20. The normalized spacial score (nSPS) is 11.3. The summed E-state index contributed by atoms with van der Waals surface area (Å²) < 4.78 is 9.67. The highest BCUT2D eigenvalue weighted by atomic mass is 16.7. The number of rotatable bonds is 3. The summed E-state index contributed by atoms with van der Waals surface area (Å²) in [5, 5.41) is 36.3. The van der Waals surface area contributed by atoms with Gasteiger partial charge in [-0.3, -0.25) is 0 Å². The third kappa shape index (κ3) is 2.30. The fraction of sp³-hybridized carbons (Fsp3) is 0.333. The van der Waals surface area contributed by atoms with E-state index in [0.717, 1.165) is 6.07 Å². The molecule has 0 aromatic heterocycles. The molecule has 0 spiro atoms. The highest BCUT2D eigenvalue weighted by molar-refractivity contribution is 5.52. The van der Waals surface area contributed by atoms with Crippen LogP contribution in [0.5, 0.6) is 17.2 Å². The first-order chi connectivity index (χ1) is 6.90. The van der Waals surface area contributed by atoms with Crippen molar-refractivity contribution >= 4 is 0 Å². The number of aliphatic hydroxyl groups is 3. The van der Waals surface area contributed by atoms with Gasteiger partial charge in [-0.1, -0.05) is 0 Å². The van der Waals surface area contributed by atoms with Gasteiger partial charge in [0.05, 0.1) is 19.8 Å². The van der Waals surface area contributed by atoms with E-state index in [1.54, 1.807) is 0 Å². The fourth-order valence-electron chi connectivity index (χ4n) is 1.20. The van der Waals surface area contributed by atoms with Gasteiger partial charge in [0.15, 0.2) is 11.5 Å². The summed E-state index contributed by atoms with van der Waals surface area (Å²) in [5.74, 6) is -3.38. The zero-order valence-corrected chi connectivity index (χ0v) is 8.26. The first kappa shape index (κ1) is 11.6. The standard InChI is InChI=1S/C9H12O6/c1-14-7-4-5(10)3-6(8(7)15-2)9(11,12)13/h3-4,10-13H,1-2H3. The molecule has 6 nitrogen and oxygen atoms in total. The zero-order chi connectivity index (χ0) is 11.6. The maximum Gasteiger partial charge on any atom is 0.308 e. The topological polar surface area (TPSA) is 99.4 Å². The molecular formula is C9H12O6. The van der Waals surface area contributed by atoms with Crippen molar-refractivity contribution in [3.8, 4) is 17.2 Å². The van der Waals surface area contributed by atoms with Crippen LogP contribution in [0.2, 0.25) is 0 Å². The minimum atomic E-state index is -3.10. The van der Waals surface area contributed by atoms with E-state index in [1.807, 2.05) is 0 Å². The monoisotopic (exact) mass is 216 g/mol. The molecule has 0 atom stereocenters. The molecule has 0 saturated carbocycles. The summed E-state index contributed by atoms with van der Waals surface area (Å²) in [6.07, 6.45) is 0. The summed E-state index contributed by atoms with van der Waals surface area (Å²) in [4.78, 5) is 0. The summed E-state index contributed by atoms with van der Waals surface area (Å²) in [6.45, 7) is 0. The first-order valence-electron chi connectivity index (χ1n) is 4.02. The second kappa shape index (κ2) is 3.93. The van der Waals surface area contributed by atoms with Crippen LogP contribution in [0.4, 0.5) is 0 Å². The Balaban J connectivity index is 3.42. The maximum absolute atomic E-state index is 9.24. The number of methoxy groups -OCH3 is 2. The van der Waals surface area contributed by atoms with Crippen LogP contribution in [0.25, 0.3) is 0 Å². The first-order valence-corrected chi connectivity index (χ1v) is 4.02. The van der Waals surface area contributed by atoms with E-state index in [-0.39, 0.29) is 17.2 Å². The lowest BCUT2D eigenvalue weighted by Crippen LogP contribution is -2.24. The van der Waals surface area contributed by atoms with Crippen LogP contribution in [0.15, 0.2) is 12.1 Å². The van der Waals surface area contributed by atoms with Gasteiger partial charge in [-0.05, 0) is 6.07 Å². The molecular weight excluding hydrogens is 204 g/mol. The Bertz CT molecular complexity index is 354. The van der Waals surface area contributed by atoms with Gasteiger partial charge < -0.3 is 29.9 Å². The van der Waals surface area contributed by atoms with E-state index in [2.05, 4.69) is 0 Å². The Hall–Kier alpha value is -1.50. The van der Waals surface area contributed by atoms with Gasteiger partial charge in [0.25, 0.3) is 0 Å². The molecule has 0 fully saturated rings. The lowest BCUT2D eigenvalue weighted by atomic mass is 10.1. The highest BCUT2D eigenvalue weighted by Crippen LogP contribution is 2.38. The Morgan fingerprint density at radius 2 is 1.67 bits per heavy atom. The summed E-state index contributed by atoms with van der Waals surface area (Å²) in [6, 6.07) is 2.18. The number of phenolic OH excluding ortho intramolecular Hbond substituents is 1. The van der Waals surface area contributed by atoms with E-state index in [9.17, 15) is 5.11 Å². The molecule has 1 aromatic rings. The quantitative estimate of drug-likeness (QED) is 0.508. The molecule has 0 radical (unpaired) electrons. The van der Waals surface area contributed by atoms with Crippen molar-refractivity contribution in [1.29, 1.82) is 0 Å². The van der Waals surface area contributed by atoms with Crippen LogP contribution < -0.4 is 9.47 Å². The van der Waals surface area contributed by atoms with Crippen LogP contribution >= 0.6 is 0 Å².